The smallest absolute Gasteiger partial charge is 0.130 e. The average molecular weight is 488 g/mol. The van der Waals surface area contributed by atoms with E-state index in [1.807, 2.05) is 18.2 Å². The van der Waals surface area contributed by atoms with E-state index in [9.17, 15) is 5.11 Å². The first-order chi connectivity index (χ1) is 17.2. The number of hydrogen-bond acceptors (Lipinski definition) is 5. The van der Waals surface area contributed by atoms with Gasteiger partial charge in [0.25, 0.3) is 0 Å². The van der Waals surface area contributed by atoms with Crippen LogP contribution in [0.3, 0.4) is 0 Å². The summed E-state index contributed by atoms with van der Waals surface area (Å²) in [5.41, 5.74) is 3.40. The van der Waals surface area contributed by atoms with Crippen molar-refractivity contribution in [1.82, 2.24) is 14.8 Å². The Morgan fingerprint density at radius 3 is 2.17 bits per heavy atom. The summed E-state index contributed by atoms with van der Waals surface area (Å²) in [7, 11) is 0. The quantitative estimate of drug-likeness (QED) is 0.377. The summed E-state index contributed by atoms with van der Waals surface area (Å²) in [6.07, 6.45) is 1.14. The lowest BCUT2D eigenvalue weighted by molar-refractivity contribution is 0.0404. The molecule has 1 atom stereocenters. The van der Waals surface area contributed by atoms with Crippen LogP contribution in [0.5, 0.6) is 5.75 Å². The lowest BCUT2D eigenvalue weighted by atomic mass is 9.96. The topological polar surface area (TPSA) is 48.8 Å². The number of rotatable bonds is 8. The molecule has 5 rings (SSSR count). The van der Waals surface area contributed by atoms with Gasteiger partial charge in [0.1, 0.15) is 18.5 Å². The third-order valence-corrected chi connectivity index (χ3v) is 6.77. The number of piperazine rings is 1. The fraction of sp³-hybridized carbons (Fsp3) is 0.276. The first-order valence-electron chi connectivity index (χ1n) is 12.1. The molecule has 3 aromatic carbocycles. The number of hydrogen-bond donors (Lipinski definition) is 1. The Kier molecular flexibility index (Phi) is 7.60. The molecule has 0 bridgehead atoms. The summed E-state index contributed by atoms with van der Waals surface area (Å²) in [5, 5.41) is 12.2. The number of aliphatic hydroxyl groups excluding tert-OH is 1. The molecule has 0 spiro atoms. The second-order valence-electron chi connectivity index (χ2n) is 9.00. The number of aliphatic hydroxyl groups is 1. The van der Waals surface area contributed by atoms with Gasteiger partial charge in [-0.05, 0) is 35.4 Å². The Morgan fingerprint density at radius 2 is 1.51 bits per heavy atom. The van der Waals surface area contributed by atoms with Gasteiger partial charge in [-0.15, -0.1) is 0 Å². The minimum absolute atomic E-state index is 0.210. The van der Waals surface area contributed by atoms with Gasteiger partial charge in [-0.1, -0.05) is 72.3 Å². The molecule has 180 valence electrons. The SMILES string of the molecule is OC(COc1cc(Cl)cc2ncccc12)CN1CCN(C(c2ccccc2)c2ccccc2)CC1. The Bertz CT molecular complexity index is 1190. The second kappa shape index (κ2) is 11.2. The first kappa shape index (κ1) is 23.8. The molecule has 1 fully saturated rings. The number of pyridine rings is 1. The molecular weight excluding hydrogens is 458 g/mol. The van der Waals surface area contributed by atoms with Crippen molar-refractivity contribution in [2.75, 3.05) is 39.3 Å². The average Bonchev–Trinajstić information content (AvgIpc) is 2.90. The Labute approximate surface area is 211 Å². The highest BCUT2D eigenvalue weighted by Crippen LogP contribution is 2.30. The number of β-amino-alcohol motifs (C(OH)–C–C–N with tert-alkyl or cyclic N) is 1. The molecule has 0 radical (unpaired) electrons. The third-order valence-electron chi connectivity index (χ3n) is 6.55. The number of benzene rings is 3. The fourth-order valence-corrected chi connectivity index (χ4v) is 5.06. The van der Waals surface area contributed by atoms with Crippen LogP contribution in [0.2, 0.25) is 5.02 Å². The van der Waals surface area contributed by atoms with Crippen LogP contribution in [0.4, 0.5) is 0 Å². The predicted molar refractivity (Wildman–Crippen MR) is 141 cm³/mol. The van der Waals surface area contributed by atoms with Crippen LogP contribution in [-0.4, -0.2) is 65.3 Å². The van der Waals surface area contributed by atoms with E-state index in [0.717, 1.165) is 37.1 Å². The summed E-state index contributed by atoms with van der Waals surface area (Å²) in [4.78, 5) is 9.20. The number of fused-ring (bicyclic) bond motifs is 1. The maximum Gasteiger partial charge on any atom is 0.130 e. The number of ether oxygens (including phenoxy) is 1. The molecule has 0 amide bonds. The van der Waals surface area contributed by atoms with Gasteiger partial charge in [0.2, 0.25) is 0 Å². The lowest BCUT2D eigenvalue weighted by Gasteiger charge is -2.40. The van der Waals surface area contributed by atoms with Gasteiger partial charge in [0, 0.05) is 49.3 Å². The molecule has 1 aliphatic heterocycles. The van der Waals surface area contributed by atoms with Crippen LogP contribution in [-0.2, 0) is 0 Å². The third kappa shape index (κ3) is 5.82. The molecule has 4 aromatic rings. The van der Waals surface area contributed by atoms with Crippen LogP contribution in [0.1, 0.15) is 17.2 Å². The number of halogens is 1. The van der Waals surface area contributed by atoms with E-state index >= 15 is 0 Å². The van der Waals surface area contributed by atoms with Crippen molar-refractivity contribution in [3.05, 3.63) is 107 Å². The summed E-state index contributed by atoms with van der Waals surface area (Å²) in [5.74, 6) is 0.651. The zero-order valence-corrected chi connectivity index (χ0v) is 20.4. The van der Waals surface area contributed by atoms with Crippen molar-refractivity contribution >= 4 is 22.5 Å². The van der Waals surface area contributed by atoms with E-state index in [4.69, 9.17) is 16.3 Å². The summed E-state index contributed by atoms with van der Waals surface area (Å²) in [6, 6.07) is 29.1. The lowest BCUT2D eigenvalue weighted by Crippen LogP contribution is -2.50. The molecule has 2 heterocycles. The Balaban J connectivity index is 1.18. The van der Waals surface area contributed by atoms with Crippen LogP contribution in [0.15, 0.2) is 91.1 Å². The molecule has 35 heavy (non-hydrogen) atoms. The van der Waals surface area contributed by atoms with Gasteiger partial charge in [0.05, 0.1) is 11.6 Å². The van der Waals surface area contributed by atoms with Crippen LogP contribution in [0, 0.1) is 0 Å². The highest BCUT2D eigenvalue weighted by molar-refractivity contribution is 6.31. The van der Waals surface area contributed by atoms with Gasteiger partial charge >= 0.3 is 0 Å². The van der Waals surface area contributed by atoms with Crippen molar-refractivity contribution < 1.29 is 9.84 Å². The Morgan fingerprint density at radius 1 is 0.857 bits per heavy atom. The van der Waals surface area contributed by atoms with E-state index in [1.54, 1.807) is 12.3 Å². The van der Waals surface area contributed by atoms with E-state index in [-0.39, 0.29) is 12.6 Å². The zero-order chi connectivity index (χ0) is 24.0. The zero-order valence-electron chi connectivity index (χ0n) is 19.6. The van der Waals surface area contributed by atoms with Gasteiger partial charge in [-0.3, -0.25) is 14.8 Å². The maximum atomic E-state index is 10.7. The Hall–Kier alpha value is -2.96. The first-order valence-corrected chi connectivity index (χ1v) is 12.5. The number of aromatic nitrogens is 1. The molecule has 1 unspecified atom stereocenters. The maximum absolute atomic E-state index is 10.7. The fourth-order valence-electron chi connectivity index (χ4n) is 4.86. The van der Waals surface area contributed by atoms with Crippen LogP contribution >= 0.6 is 11.6 Å². The molecule has 1 aromatic heterocycles. The molecule has 1 N–H and O–H groups in total. The summed E-state index contributed by atoms with van der Waals surface area (Å²) >= 11 is 6.23. The predicted octanol–water partition coefficient (Wildman–Crippen LogP) is 5.04. The van der Waals surface area contributed by atoms with Crippen molar-refractivity contribution in [3.8, 4) is 5.75 Å². The molecular formula is C29H30ClN3O2. The van der Waals surface area contributed by atoms with Crippen LogP contribution in [0.25, 0.3) is 10.9 Å². The highest BCUT2D eigenvalue weighted by Gasteiger charge is 2.27. The van der Waals surface area contributed by atoms with Crippen molar-refractivity contribution in [2.45, 2.75) is 12.1 Å². The monoisotopic (exact) mass is 487 g/mol. The van der Waals surface area contributed by atoms with E-state index in [2.05, 4.69) is 75.4 Å². The van der Waals surface area contributed by atoms with Crippen molar-refractivity contribution in [1.29, 1.82) is 0 Å². The van der Waals surface area contributed by atoms with Gasteiger partial charge in [-0.2, -0.15) is 0 Å². The minimum Gasteiger partial charge on any atom is -0.490 e. The van der Waals surface area contributed by atoms with E-state index < -0.39 is 6.10 Å². The number of nitrogens with zero attached hydrogens (tertiary/aromatic N) is 3. The standard InChI is InChI=1S/C29H30ClN3O2/c30-24-18-27-26(12-7-13-31-27)28(19-24)35-21-25(34)20-32-14-16-33(17-15-32)29(22-8-3-1-4-9-22)23-10-5-2-6-11-23/h1-13,18-19,25,29,34H,14-17,20-21H2. The molecule has 0 aliphatic carbocycles. The van der Waals surface area contributed by atoms with Crippen molar-refractivity contribution in [2.24, 2.45) is 0 Å². The van der Waals surface area contributed by atoms with E-state index in [0.29, 0.717) is 17.3 Å². The normalized spacial score (nSPS) is 16.0. The molecule has 5 nitrogen and oxygen atoms in total. The van der Waals surface area contributed by atoms with Gasteiger partial charge < -0.3 is 9.84 Å². The highest BCUT2D eigenvalue weighted by atomic mass is 35.5. The van der Waals surface area contributed by atoms with Crippen LogP contribution < -0.4 is 4.74 Å². The van der Waals surface area contributed by atoms with Gasteiger partial charge in [0.15, 0.2) is 0 Å². The second-order valence-corrected chi connectivity index (χ2v) is 9.44. The molecule has 0 saturated carbocycles. The minimum atomic E-state index is -0.591. The molecule has 1 saturated heterocycles. The summed E-state index contributed by atoms with van der Waals surface area (Å²) < 4.78 is 5.97. The molecule has 6 heteroatoms. The van der Waals surface area contributed by atoms with Gasteiger partial charge in [-0.25, -0.2) is 0 Å². The summed E-state index contributed by atoms with van der Waals surface area (Å²) in [6.45, 7) is 4.46. The van der Waals surface area contributed by atoms with Crippen molar-refractivity contribution in [3.63, 3.8) is 0 Å². The molecule has 1 aliphatic rings. The van der Waals surface area contributed by atoms with E-state index in [1.165, 1.54) is 11.1 Å². The largest absolute Gasteiger partial charge is 0.490 e.